The van der Waals surface area contributed by atoms with Gasteiger partial charge in [-0.3, -0.25) is 19.2 Å². The lowest BCUT2D eigenvalue weighted by molar-refractivity contribution is -0.170. The molecule has 0 aliphatic heterocycles. The molecule has 4 rings (SSSR count). The van der Waals surface area contributed by atoms with Crippen LogP contribution in [-0.2, 0) is 34.0 Å². The number of aliphatic carboxylic acids is 3. The van der Waals surface area contributed by atoms with Gasteiger partial charge in [-0.05, 0) is 45.0 Å². The number of carbonyl (C=O) groups is 3. The number of aromatic nitrogens is 2. The minimum atomic E-state index is -2.74. The maximum Gasteiger partial charge on any atom is 0.336 e. The first-order valence-electron chi connectivity index (χ1n) is 13.1. The second-order valence-electron chi connectivity index (χ2n) is 10.1. The van der Waals surface area contributed by atoms with Crippen LogP contribution in [0.15, 0.2) is 57.6 Å². The monoisotopic (exact) mass is 585 g/mol. The van der Waals surface area contributed by atoms with Gasteiger partial charge in [0, 0.05) is 29.7 Å². The fourth-order valence-electron chi connectivity index (χ4n) is 4.58. The number of carboxylic acid groups (broad SMARTS) is 3. The smallest absolute Gasteiger partial charge is 0.336 e. The summed E-state index contributed by atoms with van der Waals surface area (Å²) in [5, 5.41) is 50.2. The number of aryl methyl sites for hydroxylation is 3. The third-order valence-corrected chi connectivity index (χ3v) is 6.48. The van der Waals surface area contributed by atoms with Crippen molar-refractivity contribution in [1.29, 1.82) is 0 Å². The van der Waals surface area contributed by atoms with E-state index in [9.17, 15) is 19.5 Å². The summed E-state index contributed by atoms with van der Waals surface area (Å²) in [5.74, 6) is -3.24. The summed E-state index contributed by atoms with van der Waals surface area (Å²) in [7, 11) is 0. The van der Waals surface area contributed by atoms with E-state index in [1.54, 1.807) is 6.26 Å². The zero-order chi connectivity index (χ0) is 31.0. The Morgan fingerprint density at radius 3 is 2.21 bits per heavy atom. The molecule has 3 heterocycles. The predicted molar refractivity (Wildman–Crippen MR) is 149 cm³/mol. The molecule has 0 radical (unpaired) electrons. The van der Waals surface area contributed by atoms with E-state index in [0.717, 1.165) is 39.4 Å². The molecule has 1 unspecified atom stereocenters. The van der Waals surface area contributed by atoms with Gasteiger partial charge in [0.1, 0.15) is 17.1 Å². The lowest BCUT2D eigenvalue weighted by Crippen LogP contribution is -2.42. The maximum absolute atomic E-state index is 10.8. The van der Waals surface area contributed by atoms with Crippen molar-refractivity contribution >= 4 is 28.9 Å². The Labute approximate surface area is 241 Å². The molecular formula is C29H35N3O10. The second kappa shape index (κ2) is 13.9. The van der Waals surface area contributed by atoms with Crippen LogP contribution in [0.2, 0.25) is 0 Å². The van der Waals surface area contributed by atoms with Crippen molar-refractivity contribution in [2.24, 2.45) is 0 Å². The average Bonchev–Trinajstić information content (AvgIpc) is 3.58. The SMILES string of the molecule is Cc1cc(C)n(CC(O)CN(Cc2ccco2)Cc2c(C)oc3ccccc23)n1.O=C(O)CC(O)(CC(=O)O)C(=O)O. The molecule has 0 amide bonds. The molecule has 0 saturated carbocycles. The van der Waals surface area contributed by atoms with E-state index in [-0.39, 0.29) is 0 Å². The first-order chi connectivity index (χ1) is 19.8. The zero-order valence-corrected chi connectivity index (χ0v) is 23.6. The van der Waals surface area contributed by atoms with Crippen LogP contribution in [0.5, 0.6) is 0 Å². The number of aliphatic hydroxyl groups is 2. The zero-order valence-electron chi connectivity index (χ0n) is 23.6. The molecule has 42 heavy (non-hydrogen) atoms. The molecule has 0 aliphatic rings. The van der Waals surface area contributed by atoms with Gasteiger partial charge in [0.15, 0.2) is 5.60 Å². The topological polar surface area (TPSA) is 200 Å². The van der Waals surface area contributed by atoms with Gasteiger partial charge < -0.3 is 34.4 Å². The van der Waals surface area contributed by atoms with E-state index in [1.807, 2.05) is 61.9 Å². The molecule has 0 saturated heterocycles. The molecular weight excluding hydrogens is 550 g/mol. The van der Waals surface area contributed by atoms with Crippen LogP contribution in [0.3, 0.4) is 0 Å². The molecule has 1 atom stereocenters. The lowest BCUT2D eigenvalue weighted by Gasteiger charge is -2.24. The van der Waals surface area contributed by atoms with Crippen molar-refractivity contribution in [3.8, 4) is 0 Å². The van der Waals surface area contributed by atoms with E-state index >= 15 is 0 Å². The van der Waals surface area contributed by atoms with Gasteiger partial charge in [0.05, 0.1) is 44.0 Å². The van der Waals surface area contributed by atoms with Crippen molar-refractivity contribution in [2.45, 2.75) is 65.0 Å². The van der Waals surface area contributed by atoms with Gasteiger partial charge in [-0.25, -0.2) is 4.79 Å². The summed E-state index contributed by atoms with van der Waals surface area (Å²) in [6.07, 6.45) is -1.16. The number of hydrogen-bond donors (Lipinski definition) is 5. The normalized spacial score (nSPS) is 12.2. The molecule has 4 aromatic rings. The van der Waals surface area contributed by atoms with Gasteiger partial charge in [-0.2, -0.15) is 5.10 Å². The van der Waals surface area contributed by atoms with Crippen LogP contribution in [0.25, 0.3) is 11.0 Å². The van der Waals surface area contributed by atoms with Gasteiger partial charge >= 0.3 is 17.9 Å². The molecule has 3 aromatic heterocycles. The number of carboxylic acids is 3. The van der Waals surface area contributed by atoms with Crippen molar-refractivity contribution in [2.75, 3.05) is 6.54 Å². The maximum atomic E-state index is 10.8. The van der Waals surface area contributed by atoms with Crippen LogP contribution >= 0.6 is 0 Å². The quantitative estimate of drug-likeness (QED) is 0.154. The van der Waals surface area contributed by atoms with E-state index in [2.05, 4.69) is 16.1 Å². The highest BCUT2D eigenvalue weighted by atomic mass is 16.4. The van der Waals surface area contributed by atoms with Crippen LogP contribution in [0, 0.1) is 20.8 Å². The largest absolute Gasteiger partial charge is 0.481 e. The van der Waals surface area contributed by atoms with Crippen molar-refractivity contribution in [3.05, 3.63) is 77.2 Å². The van der Waals surface area contributed by atoms with Gasteiger partial charge in [-0.1, -0.05) is 18.2 Å². The first-order valence-corrected chi connectivity index (χ1v) is 13.1. The molecule has 226 valence electrons. The van der Waals surface area contributed by atoms with Crippen molar-refractivity contribution in [3.63, 3.8) is 0 Å². The molecule has 1 aromatic carbocycles. The highest BCUT2D eigenvalue weighted by molar-refractivity contribution is 5.88. The molecule has 13 nitrogen and oxygen atoms in total. The van der Waals surface area contributed by atoms with E-state index in [4.69, 9.17) is 29.3 Å². The van der Waals surface area contributed by atoms with Gasteiger partial charge in [0.2, 0.25) is 0 Å². The van der Waals surface area contributed by atoms with Gasteiger partial charge in [0.25, 0.3) is 0 Å². The minimum Gasteiger partial charge on any atom is -0.481 e. The molecule has 5 N–H and O–H groups in total. The molecule has 0 spiro atoms. The Hall–Kier alpha value is -4.46. The van der Waals surface area contributed by atoms with E-state index in [1.165, 1.54) is 0 Å². The summed E-state index contributed by atoms with van der Waals surface area (Å²) in [6.45, 7) is 8.20. The van der Waals surface area contributed by atoms with Gasteiger partial charge in [-0.15, -0.1) is 0 Å². The summed E-state index contributed by atoms with van der Waals surface area (Å²) in [4.78, 5) is 32.7. The number of aliphatic hydroxyl groups excluding tert-OH is 1. The van der Waals surface area contributed by atoms with Crippen LogP contribution in [-0.4, -0.2) is 76.4 Å². The lowest BCUT2D eigenvalue weighted by atomic mass is 9.96. The predicted octanol–water partition coefficient (Wildman–Crippen LogP) is 2.96. The fourth-order valence-corrected chi connectivity index (χ4v) is 4.58. The second-order valence-corrected chi connectivity index (χ2v) is 10.1. The molecule has 0 aliphatic carbocycles. The number of fused-ring (bicyclic) bond motifs is 1. The number of rotatable bonds is 13. The summed E-state index contributed by atoms with van der Waals surface area (Å²) < 4.78 is 13.4. The Balaban J connectivity index is 0.000000316. The number of benzene rings is 1. The minimum absolute atomic E-state index is 0.458. The summed E-state index contributed by atoms with van der Waals surface area (Å²) >= 11 is 0. The third kappa shape index (κ3) is 8.77. The fraction of sp³-hybridized carbons (Fsp3) is 0.379. The Morgan fingerprint density at radius 1 is 1.00 bits per heavy atom. The molecule has 0 fully saturated rings. The van der Waals surface area contributed by atoms with Crippen LogP contribution < -0.4 is 0 Å². The van der Waals surface area contributed by atoms with Crippen molar-refractivity contribution in [1.82, 2.24) is 14.7 Å². The highest BCUT2D eigenvalue weighted by Crippen LogP contribution is 2.27. The van der Waals surface area contributed by atoms with Crippen LogP contribution in [0.4, 0.5) is 0 Å². The molecule has 13 heteroatoms. The third-order valence-electron chi connectivity index (χ3n) is 6.48. The van der Waals surface area contributed by atoms with Crippen molar-refractivity contribution < 1.29 is 48.8 Å². The van der Waals surface area contributed by atoms with E-state index in [0.29, 0.717) is 26.2 Å². The molecule has 0 bridgehead atoms. The summed E-state index contributed by atoms with van der Waals surface area (Å²) in [6, 6.07) is 13.9. The average molecular weight is 586 g/mol. The van der Waals surface area contributed by atoms with Crippen LogP contribution in [0.1, 0.15) is 41.3 Å². The Morgan fingerprint density at radius 2 is 1.67 bits per heavy atom. The standard InChI is InChI=1S/C23H27N3O3.C6H8O7/c1-16-11-17(2)26(24-16)13-19(27)12-25(14-20-7-6-10-28-20)15-22-18(3)29-23-9-5-4-8-21(22)23;7-3(8)1-6(13,5(11)12)2-4(9)10/h4-11,19,27H,12-15H2,1-3H3;13H,1-2H2,(H,7,8)(H,9,10)(H,11,12). The summed E-state index contributed by atoms with van der Waals surface area (Å²) in [5.41, 5.74) is 1.31. The number of furan rings is 2. The number of hydrogen-bond acceptors (Lipinski definition) is 9. The Kier molecular flexibility index (Phi) is 10.6. The number of nitrogens with zero attached hydrogens (tertiary/aromatic N) is 3. The number of para-hydroxylation sites is 1. The van der Waals surface area contributed by atoms with E-state index < -0.39 is 42.5 Å². The highest BCUT2D eigenvalue weighted by Gasteiger charge is 2.40. The Bertz CT molecular complexity index is 1490. The first kappa shape index (κ1) is 32.1.